The highest BCUT2D eigenvalue weighted by Crippen LogP contribution is 2.26. The lowest BCUT2D eigenvalue weighted by Crippen LogP contribution is -2.33. The van der Waals surface area contributed by atoms with E-state index < -0.39 is 0 Å². The molecule has 106 valence electrons. The van der Waals surface area contributed by atoms with Crippen LogP contribution in [0.1, 0.15) is 24.2 Å². The van der Waals surface area contributed by atoms with Crippen molar-refractivity contribution in [2.45, 2.75) is 13.8 Å². The Morgan fingerprint density at radius 2 is 2.11 bits per heavy atom. The molecule has 0 aliphatic carbocycles. The summed E-state index contributed by atoms with van der Waals surface area (Å²) in [5.41, 5.74) is 0.629. The van der Waals surface area contributed by atoms with Crippen molar-refractivity contribution in [2.24, 2.45) is 0 Å². The Labute approximate surface area is 122 Å². The SMILES string of the molecule is CCOc1cc(C(=O)N(CC)CCOC)ccc1Br. The third-order valence-electron chi connectivity index (χ3n) is 2.71. The lowest BCUT2D eigenvalue weighted by atomic mass is 10.2. The maximum atomic E-state index is 12.3. The molecule has 4 nitrogen and oxygen atoms in total. The third kappa shape index (κ3) is 4.51. The van der Waals surface area contributed by atoms with E-state index >= 15 is 0 Å². The average molecular weight is 330 g/mol. The van der Waals surface area contributed by atoms with E-state index in [0.29, 0.717) is 37.6 Å². The number of rotatable bonds is 7. The summed E-state index contributed by atoms with van der Waals surface area (Å²) in [7, 11) is 1.63. The van der Waals surface area contributed by atoms with E-state index in [2.05, 4.69) is 15.9 Å². The van der Waals surface area contributed by atoms with Gasteiger partial charge in [0.05, 0.1) is 17.7 Å². The number of likely N-dealkylation sites (N-methyl/N-ethyl adjacent to an activating group) is 1. The molecule has 0 aromatic heterocycles. The lowest BCUT2D eigenvalue weighted by Gasteiger charge is -2.21. The van der Waals surface area contributed by atoms with Crippen molar-refractivity contribution < 1.29 is 14.3 Å². The molecule has 0 unspecified atom stereocenters. The first-order chi connectivity index (χ1) is 9.13. The Balaban J connectivity index is 2.88. The van der Waals surface area contributed by atoms with Crippen LogP contribution in [0.3, 0.4) is 0 Å². The molecule has 0 saturated carbocycles. The van der Waals surface area contributed by atoms with Crippen LogP contribution in [0.4, 0.5) is 0 Å². The Kier molecular flexibility index (Phi) is 6.87. The molecule has 0 saturated heterocycles. The van der Waals surface area contributed by atoms with Gasteiger partial charge in [-0.3, -0.25) is 4.79 Å². The summed E-state index contributed by atoms with van der Waals surface area (Å²) in [5, 5.41) is 0. The van der Waals surface area contributed by atoms with Crippen LogP contribution in [-0.4, -0.2) is 44.2 Å². The Hall–Kier alpha value is -1.07. The molecule has 0 N–H and O–H groups in total. The summed E-state index contributed by atoms with van der Waals surface area (Å²) in [6.45, 7) is 6.22. The van der Waals surface area contributed by atoms with E-state index in [1.54, 1.807) is 24.1 Å². The van der Waals surface area contributed by atoms with Crippen molar-refractivity contribution in [2.75, 3.05) is 33.4 Å². The summed E-state index contributed by atoms with van der Waals surface area (Å²) in [5.74, 6) is 0.684. The van der Waals surface area contributed by atoms with Gasteiger partial charge in [-0.15, -0.1) is 0 Å². The van der Waals surface area contributed by atoms with Crippen LogP contribution in [-0.2, 0) is 4.74 Å². The second kappa shape index (κ2) is 8.17. The highest BCUT2D eigenvalue weighted by molar-refractivity contribution is 9.10. The van der Waals surface area contributed by atoms with Crippen LogP contribution in [0.5, 0.6) is 5.75 Å². The van der Waals surface area contributed by atoms with Crippen LogP contribution in [0.25, 0.3) is 0 Å². The first kappa shape index (κ1) is 16.0. The molecular formula is C14H20BrNO3. The molecule has 0 aliphatic rings. The molecular weight excluding hydrogens is 310 g/mol. The van der Waals surface area contributed by atoms with E-state index in [1.807, 2.05) is 19.9 Å². The van der Waals surface area contributed by atoms with Crippen LogP contribution < -0.4 is 4.74 Å². The number of amides is 1. The largest absolute Gasteiger partial charge is 0.493 e. The zero-order valence-electron chi connectivity index (χ0n) is 11.6. The summed E-state index contributed by atoms with van der Waals surface area (Å²) >= 11 is 3.41. The first-order valence-corrected chi connectivity index (χ1v) is 7.13. The van der Waals surface area contributed by atoms with Gasteiger partial charge in [0, 0.05) is 25.8 Å². The summed E-state index contributed by atoms with van der Waals surface area (Å²) in [4.78, 5) is 14.1. The van der Waals surface area contributed by atoms with E-state index in [0.717, 1.165) is 4.47 Å². The van der Waals surface area contributed by atoms with Gasteiger partial charge in [0.25, 0.3) is 5.91 Å². The van der Waals surface area contributed by atoms with E-state index in [1.165, 1.54) is 0 Å². The smallest absolute Gasteiger partial charge is 0.254 e. The minimum atomic E-state index is -0.00648. The van der Waals surface area contributed by atoms with E-state index in [9.17, 15) is 4.79 Å². The third-order valence-corrected chi connectivity index (χ3v) is 3.37. The summed E-state index contributed by atoms with van der Waals surface area (Å²) in [6.07, 6.45) is 0. The molecule has 0 bridgehead atoms. The Morgan fingerprint density at radius 1 is 1.37 bits per heavy atom. The summed E-state index contributed by atoms with van der Waals surface area (Å²) < 4.78 is 11.3. The topological polar surface area (TPSA) is 38.8 Å². The van der Waals surface area contributed by atoms with Crippen LogP contribution in [0.2, 0.25) is 0 Å². The van der Waals surface area contributed by atoms with Crippen LogP contribution >= 0.6 is 15.9 Å². The monoisotopic (exact) mass is 329 g/mol. The summed E-state index contributed by atoms with van der Waals surface area (Å²) in [6, 6.07) is 5.40. The van der Waals surface area contributed by atoms with Gasteiger partial charge in [0.15, 0.2) is 0 Å². The Morgan fingerprint density at radius 3 is 2.68 bits per heavy atom. The van der Waals surface area contributed by atoms with Crippen molar-refractivity contribution >= 4 is 21.8 Å². The van der Waals surface area contributed by atoms with E-state index in [4.69, 9.17) is 9.47 Å². The second-order valence-corrected chi connectivity index (χ2v) is 4.81. The molecule has 1 amide bonds. The second-order valence-electron chi connectivity index (χ2n) is 3.96. The van der Waals surface area contributed by atoms with Crippen LogP contribution in [0.15, 0.2) is 22.7 Å². The van der Waals surface area contributed by atoms with Gasteiger partial charge in [0.1, 0.15) is 5.75 Å². The minimum absolute atomic E-state index is 0.00648. The fourth-order valence-electron chi connectivity index (χ4n) is 1.69. The number of carbonyl (C=O) groups is 1. The van der Waals surface area contributed by atoms with Crippen molar-refractivity contribution in [1.82, 2.24) is 4.90 Å². The van der Waals surface area contributed by atoms with Gasteiger partial charge in [-0.1, -0.05) is 0 Å². The number of benzene rings is 1. The molecule has 0 fully saturated rings. The Bertz CT molecular complexity index is 423. The fourth-order valence-corrected chi connectivity index (χ4v) is 2.05. The molecule has 5 heteroatoms. The van der Waals surface area contributed by atoms with Crippen molar-refractivity contribution in [3.05, 3.63) is 28.2 Å². The normalized spacial score (nSPS) is 10.3. The molecule has 19 heavy (non-hydrogen) atoms. The highest BCUT2D eigenvalue weighted by Gasteiger charge is 2.15. The van der Waals surface area contributed by atoms with Gasteiger partial charge < -0.3 is 14.4 Å². The standard InChI is InChI=1S/C14H20BrNO3/c1-4-16(8-9-18-3)14(17)11-6-7-12(15)13(10-11)19-5-2/h6-7,10H,4-5,8-9H2,1-3H3. The molecule has 0 aliphatic heterocycles. The van der Waals surface area contributed by atoms with Gasteiger partial charge in [-0.2, -0.15) is 0 Å². The number of carbonyl (C=O) groups excluding carboxylic acids is 1. The number of ether oxygens (including phenoxy) is 2. The zero-order valence-corrected chi connectivity index (χ0v) is 13.2. The van der Waals surface area contributed by atoms with Gasteiger partial charge in [0.2, 0.25) is 0 Å². The predicted octanol–water partition coefficient (Wildman–Crippen LogP) is 2.96. The highest BCUT2D eigenvalue weighted by atomic mass is 79.9. The molecule has 0 heterocycles. The van der Waals surface area contributed by atoms with Crippen molar-refractivity contribution in [1.29, 1.82) is 0 Å². The number of nitrogens with zero attached hydrogens (tertiary/aromatic N) is 1. The van der Waals surface area contributed by atoms with Crippen molar-refractivity contribution in [3.63, 3.8) is 0 Å². The number of hydrogen-bond donors (Lipinski definition) is 0. The van der Waals surface area contributed by atoms with Gasteiger partial charge >= 0.3 is 0 Å². The lowest BCUT2D eigenvalue weighted by molar-refractivity contribution is 0.0706. The minimum Gasteiger partial charge on any atom is -0.493 e. The molecule has 1 rings (SSSR count). The number of hydrogen-bond acceptors (Lipinski definition) is 3. The maximum Gasteiger partial charge on any atom is 0.254 e. The molecule has 1 aromatic carbocycles. The first-order valence-electron chi connectivity index (χ1n) is 6.34. The molecule has 0 radical (unpaired) electrons. The molecule has 0 atom stereocenters. The van der Waals surface area contributed by atoms with E-state index in [-0.39, 0.29) is 5.91 Å². The molecule has 1 aromatic rings. The fraction of sp³-hybridized carbons (Fsp3) is 0.500. The maximum absolute atomic E-state index is 12.3. The predicted molar refractivity (Wildman–Crippen MR) is 78.8 cm³/mol. The average Bonchev–Trinajstić information content (AvgIpc) is 2.42. The van der Waals surface area contributed by atoms with Crippen LogP contribution in [0, 0.1) is 0 Å². The number of halogens is 1. The van der Waals surface area contributed by atoms with Gasteiger partial charge in [-0.25, -0.2) is 0 Å². The zero-order chi connectivity index (χ0) is 14.3. The molecule has 0 spiro atoms. The number of methoxy groups -OCH3 is 1. The quantitative estimate of drug-likeness (QED) is 0.772. The van der Waals surface area contributed by atoms with Gasteiger partial charge in [-0.05, 0) is 48.0 Å². The van der Waals surface area contributed by atoms with Crippen molar-refractivity contribution in [3.8, 4) is 5.75 Å².